The zero-order valence-corrected chi connectivity index (χ0v) is 20.4. The Balaban J connectivity index is 1.42. The topological polar surface area (TPSA) is 72.2 Å². The quantitative estimate of drug-likeness (QED) is 0.161. The number of ether oxygens (including phenoxy) is 2. The smallest absolute Gasteiger partial charge is 0.192 e. The molecule has 5 nitrogen and oxygen atoms in total. The molecule has 1 atom stereocenters. The molecule has 172 valence electrons. The molecule has 0 saturated carbocycles. The average molecular weight is 483 g/mol. The SMILES string of the molecule is CCC(Cl)C(=O)c1sc(C)nc1-c1ccc(OCCCCCOc2ccc(C#N)cc2)cc1. The van der Waals surface area contributed by atoms with Crippen molar-refractivity contribution >= 4 is 28.7 Å². The summed E-state index contributed by atoms with van der Waals surface area (Å²) >= 11 is 7.57. The summed E-state index contributed by atoms with van der Waals surface area (Å²) in [6.45, 7) is 5.06. The Morgan fingerprint density at radius 2 is 1.61 bits per heavy atom. The first-order valence-corrected chi connectivity index (χ1v) is 12.3. The van der Waals surface area contributed by atoms with Crippen molar-refractivity contribution in [1.82, 2.24) is 4.98 Å². The highest BCUT2D eigenvalue weighted by Crippen LogP contribution is 2.31. The van der Waals surface area contributed by atoms with E-state index in [1.54, 1.807) is 12.1 Å². The number of nitrogens with zero attached hydrogens (tertiary/aromatic N) is 2. The minimum Gasteiger partial charge on any atom is -0.494 e. The number of alkyl halides is 1. The molecule has 3 rings (SSSR count). The molecule has 2 aromatic carbocycles. The minimum absolute atomic E-state index is 0.0664. The van der Waals surface area contributed by atoms with Gasteiger partial charge < -0.3 is 9.47 Å². The van der Waals surface area contributed by atoms with Crippen molar-refractivity contribution in [3.8, 4) is 28.8 Å². The normalized spacial score (nSPS) is 11.6. The molecular weight excluding hydrogens is 456 g/mol. The van der Waals surface area contributed by atoms with Gasteiger partial charge in [0.2, 0.25) is 0 Å². The summed E-state index contributed by atoms with van der Waals surface area (Å²) in [7, 11) is 0. The number of carbonyl (C=O) groups is 1. The summed E-state index contributed by atoms with van der Waals surface area (Å²) in [5.41, 5.74) is 2.20. The highest BCUT2D eigenvalue weighted by atomic mass is 35.5. The molecule has 0 N–H and O–H groups in total. The lowest BCUT2D eigenvalue weighted by atomic mass is 10.1. The first-order valence-electron chi connectivity index (χ1n) is 11.0. The number of aryl methyl sites for hydroxylation is 1. The van der Waals surface area contributed by atoms with E-state index in [0.29, 0.717) is 35.8 Å². The number of unbranched alkanes of at least 4 members (excludes halogenated alkanes) is 2. The number of benzene rings is 2. The maximum atomic E-state index is 12.6. The van der Waals surface area contributed by atoms with E-state index in [-0.39, 0.29) is 5.78 Å². The molecule has 0 bridgehead atoms. The van der Waals surface area contributed by atoms with Gasteiger partial charge in [-0.1, -0.05) is 6.92 Å². The van der Waals surface area contributed by atoms with Crippen LogP contribution >= 0.6 is 22.9 Å². The van der Waals surface area contributed by atoms with Gasteiger partial charge in [0.05, 0.1) is 45.8 Å². The summed E-state index contributed by atoms with van der Waals surface area (Å²) in [5, 5.41) is 9.13. The fourth-order valence-corrected chi connectivity index (χ4v) is 4.32. The lowest BCUT2D eigenvalue weighted by Crippen LogP contribution is -2.13. The third-order valence-corrected chi connectivity index (χ3v) is 6.53. The number of carbonyl (C=O) groups excluding carboxylic acids is 1. The molecule has 1 aromatic heterocycles. The second kappa shape index (κ2) is 12.4. The average Bonchev–Trinajstić information content (AvgIpc) is 3.24. The Morgan fingerprint density at radius 1 is 1.03 bits per heavy atom. The number of thiazole rings is 1. The van der Waals surface area contributed by atoms with E-state index in [1.807, 2.05) is 50.2 Å². The van der Waals surface area contributed by atoms with Crippen LogP contribution in [-0.2, 0) is 0 Å². The van der Waals surface area contributed by atoms with E-state index < -0.39 is 5.38 Å². The highest BCUT2D eigenvalue weighted by Gasteiger charge is 2.23. The molecule has 0 amide bonds. The molecule has 0 fully saturated rings. The van der Waals surface area contributed by atoms with Crippen molar-refractivity contribution in [3.63, 3.8) is 0 Å². The Kier molecular flexibility index (Phi) is 9.29. The fraction of sp³-hybridized carbons (Fsp3) is 0.346. The predicted molar refractivity (Wildman–Crippen MR) is 133 cm³/mol. The van der Waals surface area contributed by atoms with Gasteiger partial charge in [-0.3, -0.25) is 4.79 Å². The monoisotopic (exact) mass is 482 g/mol. The molecule has 0 aliphatic carbocycles. The Morgan fingerprint density at radius 3 is 2.15 bits per heavy atom. The number of aromatic nitrogens is 1. The van der Waals surface area contributed by atoms with Crippen molar-refractivity contribution in [2.45, 2.75) is 44.9 Å². The maximum Gasteiger partial charge on any atom is 0.192 e. The van der Waals surface area contributed by atoms with Crippen molar-refractivity contribution < 1.29 is 14.3 Å². The molecule has 7 heteroatoms. The van der Waals surface area contributed by atoms with E-state index in [1.165, 1.54) is 11.3 Å². The van der Waals surface area contributed by atoms with Crippen molar-refractivity contribution in [1.29, 1.82) is 5.26 Å². The summed E-state index contributed by atoms with van der Waals surface area (Å²) < 4.78 is 11.5. The molecule has 1 unspecified atom stereocenters. The summed E-state index contributed by atoms with van der Waals surface area (Å²) in [4.78, 5) is 17.8. The molecule has 1 heterocycles. The van der Waals surface area contributed by atoms with Gasteiger partial charge in [0.1, 0.15) is 11.5 Å². The number of rotatable bonds is 12. The van der Waals surface area contributed by atoms with Crippen LogP contribution in [-0.4, -0.2) is 29.4 Å². The number of nitriles is 1. The standard InChI is InChI=1S/C26H27ClN2O3S/c1-3-23(27)25(30)26-24(29-18(2)33-26)20-9-13-22(14-10-20)32-16-6-4-5-15-31-21-11-7-19(17-28)8-12-21/h7-14,23H,3-6,15-16H2,1-2H3. The molecule has 33 heavy (non-hydrogen) atoms. The van der Waals surface area contributed by atoms with Crippen LogP contribution in [0.4, 0.5) is 0 Å². The van der Waals surface area contributed by atoms with Gasteiger partial charge in [-0.05, 0) is 81.1 Å². The third kappa shape index (κ3) is 7.05. The maximum absolute atomic E-state index is 12.6. The molecular formula is C26H27ClN2O3S. The van der Waals surface area contributed by atoms with Crippen LogP contribution in [0.3, 0.4) is 0 Å². The summed E-state index contributed by atoms with van der Waals surface area (Å²) in [6, 6.07) is 16.9. The summed E-state index contributed by atoms with van der Waals surface area (Å²) in [5.74, 6) is 1.50. The first-order chi connectivity index (χ1) is 16.0. The first kappa shape index (κ1) is 24.8. The predicted octanol–water partition coefficient (Wildman–Crippen LogP) is 6.82. The van der Waals surface area contributed by atoms with Gasteiger partial charge >= 0.3 is 0 Å². The number of Topliss-reactive ketones (excluding diaryl/α,β-unsaturated/α-hetero) is 1. The third-order valence-electron chi connectivity index (χ3n) is 5.04. The number of hydrogen-bond acceptors (Lipinski definition) is 6. The van der Waals surface area contributed by atoms with E-state index in [9.17, 15) is 4.79 Å². The second-order valence-electron chi connectivity index (χ2n) is 7.57. The van der Waals surface area contributed by atoms with Crippen LogP contribution in [0, 0.1) is 18.3 Å². The zero-order valence-electron chi connectivity index (χ0n) is 18.8. The van der Waals surface area contributed by atoms with Gasteiger partial charge in [0.25, 0.3) is 0 Å². The van der Waals surface area contributed by atoms with Crippen molar-refractivity contribution in [3.05, 3.63) is 64.0 Å². The van der Waals surface area contributed by atoms with Gasteiger partial charge in [-0.2, -0.15) is 5.26 Å². The Bertz CT molecular complexity index is 1090. The highest BCUT2D eigenvalue weighted by molar-refractivity contribution is 7.14. The molecule has 0 spiro atoms. The molecule has 0 radical (unpaired) electrons. The molecule has 0 aliphatic heterocycles. The Labute approximate surface area is 204 Å². The number of hydrogen-bond donors (Lipinski definition) is 0. The summed E-state index contributed by atoms with van der Waals surface area (Å²) in [6.07, 6.45) is 3.44. The second-order valence-corrected chi connectivity index (χ2v) is 9.30. The van der Waals surface area contributed by atoms with Crippen LogP contribution in [0.15, 0.2) is 48.5 Å². The van der Waals surface area contributed by atoms with Gasteiger partial charge in [-0.25, -0.2) is 4.98 Å². The van der Waals surface area contributed by atoms with E-state index in [4.69, 9.17) is 26.3 Å². The van der Waals surface area contributed by atoms with Crippen molar-refractivity contribution in [2.24, 2.45) is 0 Å². The minimum atomic E-state index is -0.527. The van der Waals surface area contributed by atoms with Gasteiger partial charge in [0.15, 0.2) is 5.78 Å². The van der Waals surface area contributed by atoms with Crippen LogP contribution in [0.2, 0.25) is 0 Å². The fourth-order valence-electron chi connectivity index (χ4n) is 3.21. The van der Waals surface area contributed by atoms with Crippen molar-refractivity contribution in [2.75, 3.05) is 13.2 Å². The zero-order chi connectivity index (χ0) is 23.6. The number of halogens is 1. The molecule has 3 aromatic rings. The van der Waals surface area contributed by atoms with E-state index in [0.717, 1.165) is 41.3 Å². The van der Waals surface area contributed by atoms with Crippen LogP contribution < -0.4 is 9.47 Å². The largest absolute Gasteiger partial charge is 0.494 e. The van der Waals surface area contributed by atoms with E-state index >= 15 is 0 Å². The lowest BCUT2D eigenvalue weighted by molar-refractivity contribution is 0.0990. The molecule has 0 aliphatic rings. The Hall–Kier alpha value is -2.88. The van der Waals surface area contributed by atoms with Gasteiger partial charge in [0, 0.05) is 5.56 Å². The molecule has 0 saturated heterocycles. The van der Waals surface area contributed by atoms with Crippen LogP contribution in [0.5, 0.6) is 11.5 Å². The lowest BCUT2D eigenvalue weighted by Gasteiger charge is -2.09. The van der Waals surface area contributed by atoms with Crippen LogP contribution in [0.1, 0.15) is 52.8 Å². The van der Waals surface area contributed by atoms with Gasteiger partial charge in [-0.15, -0.1) is 22.9 Å². The van der Waals surface area contributed by atoms with Crippen LogP contribution in [0.25, 0.3) is 11.3 Å². The number of ketones is 1. The van der Waals surface area contributed by atoms with E-state index in [2.05, 4.69) is 11.1 Å².